The van der Waals surface area contributed by atoms with Gasteiger partial charge in [-0.05, 0) is 25.1 Å². The molecule has 0 aliphatic carbocycles. The van der Waals surface area contributed by atoms with Gasteiger partial charge in [0.2, 0.25) is 0 Å². The fourth-order valence-electron chi connectivity index (χ4n) is 1.32. The van der Waals surface area contributed by atoms with Crippen LogP contribution in [0, 0.1) is 0 Å². The molecule has 4 nitrogen and oxygen atoms in total. The second-order valence-electron chi connectivity index (χ2n) is 3.75. The second kappa shape index (κ2) is 3.71. The van der Waals surface area contributed by atoms with Crippen molar-refractivity contribution in [3.63, 3.8) is 0 Å². The van der Waals surface area contributed by atoms with Gasteiger partial charge in [0.05, 0.1) is 10.2 Å². The molecule has 6 heteroatoms. The van der Waals surface area contributed by atoms with Crippen molar-refractivity contribution in [1.29, 1.82) is 0 Å². The van der Waals surface area contributed by atoms with Gasteiger partial charge in [0, 0.05) is 11.9 Å². The Kier molecular flexibility index (Phi) is 2.63. The van der Waals surface area contributed by atoms with E-state index in [0.717, 1.165) is 10.2 Å². The number of hydrogen-bond acceptors (Lipinski definition) is 5. The van der Waals surface area contributed by atoms with Crippen LogP contribution in [0.3, 0.4) is 0 Å². The van der Waals surface area contributed by atoms with Gasteiger partial charge in [0.1, 0.15) is 10.3 Å². The van der Waals surface area contributed by atoms with E-state index in [-0.39, 0.29) is 0 Å². The number of thiazole rings is 1. The highest BCUT2D eigenvalue weighted by Gasteiger charge is 2.21. The van der Waals surface area contributed by atoms with E-state index in [9.17, 15) is 8.42 Å². The highest BCUT2D eigenvalue weighted by atomic mass is 32.2. The van der Waals surface area contributed by atoms with Gasteiger partial charge in [-0.2, -0.15) is 0 Å². The maximum atomic E-state index is 11.4. The number of benzene rings is 1. The molecule has 0 saturated heterocycles. The summed E-state index contributed by atoms with van der Waals surface area (Å²) in [6, 6.07) is 5.38. The van der Waals surface area contributed by atoms with Crippen LogP contribution < -0.4 is 5.73 Å². The highest BCUT2D eigenvalue weighted by Crippen LogP contribution is 2.30. The predicted molar refractivity (Wildman–Crippen MR) is 67.3 cm³/mol. The Bertz CT molecular complexity index is 631. The summed E-state index contributed by atoms with van der Waals surface area (Å²) in [7, 11) is -3.10. The minimum atomic E-state index is -3.10. The Morgan fingerprint density at radius 1 is 1.44 bits per heavy atom. The summed E-state index contributed by atoms with van der Waals surface area (Å²) in [5.74, 6) is 0. The van der Waals surface area contributed by atoms with Crippen LogP contribution in [-0.4, -0.2) is 19.7 Å². The van der Waals surface area contributed by atoms with Gasteiger partial charge in [-0.1, -0.05) is 0 Å². The van der Waals surface area contributed by atoms with Gasteiger partial charge in [-0.3, -0.25) is 0 Å². The van der Waals surface area contributed by atoms with Gasteiger partial charge in [0.15, 0.2) is 9.84 Å². The number of nitrogen functional groups attached to an aromatic ring is 1. The Hall–Kier alpha value is -1.14. The van der Waals surface area contributed by atoms with Crippen LogP contribution in [0.1, 0.15) is 17.2 Å². The summed E-state index contributed by atoms with van der Waals surface area (Å²) in [5, 5.41) is 0.0502. The maximum absolute atomic E-state index is 11.4. The van der Waals surface area contributed by atoms with Crippen molar-refractivity contribution in [3.05, 3.63) is 23.2 Å². The van der Waals surface area contributed by atoms with Gasteiger partial charge >= 0.3 is 0 Å². The lowest BCUT2D eigenvalue weighted by molar-refractivity contribution is 0.592. The molecule has 1 aromatic carbocycles. The molecule has 2 N–H and O–H groups in total. The summed E-state index contributed by atoms with van der Waals surface area (Å²) >= 11 is 1.38. The molecule has 0 amide bonds. The molecule has 1 unspecified atom stereocenters. The molecule has 1 atom stereocenters. The monoisotopic (exact) mass is 256 g/mol. The summed E-state index contributed by atoms with van der Waals surface area (Å²) in [5.41, 5.74) is 7.11. The zero-order valence-corrected chi connectivity index (χ0v) is 10.6. The summed E-state index contributed by atoms with van der Waals surface area (Å²) < 4.78 is 23.8. The van der Waals surface area contributed by atoms with E-state index in [4.69, 9.17) is 5.73 Å². The third-order valence-electron chi connectivity index (χ3n) is 2.42. The van der Waals surface area contributed by atoms with Crippen LogP contribution in [0.25, 0.3) is 10.2 Å². The quantitative estimate of drug-likeness (QED) is 0.834. The fraction of sp³-hybridized carbons (Fsp3) is 0.300. The second-order valence-corrected chi connectivity index (χ2v) is 7.18. The van der Waals surface area contributed by atoms with Crippen LogP contribution >= 0.6 is 11.3 Å². The van der Waals surface area contributed by atoms with Gasteiger partial charge in [-0.25, -0.2) is 13.4 Å². The van der Waals surface area contributed by atoms with Crippen molar-refractivity contribution in [2.24, 2.45) is 0 Å². The van der Waals surface area contributed by atoms with Crippen LogP contribution in [-0.2, 0) is 9.84 Å². The zero-order chi connectivity index (χ0) is 11.9. The number of nitrogens with zero attached hydrogens (tertiary/aromatic N) is 1. The lowest BCUT2D eigenvalue weighted by atomic mass is 10.3. The molecule has 16 heavy (non-hydrogen) atoms. The number of anilines is 1. The normalized spacial score (nSPS) is 14.1. The first-order valence-corrected chi connectivity index (χ1v) is 7.50. The Balaban J connectivity index is 2.56. The molecule has 1 aromatic heterocycles. The Morgan fingerprint density at radius 2 is 2.12 bits per heavy atom. The Labute approximate surface area is 98.0 Å². The standard InChI is InChI=1S/C10H12N2O2S2/c1-6(16(2,13)14)10-12-8-4-3-7(11)5-9(8)15-10/h3-6H,11H2,1-2H3. The first-order chi connectivity index (χ1) is 7.38. The van der Waals surface area contributed by atoms with Crippen molar-refractivity contribution in [2.45, 2.75) is 12.2 Å². The van der Waals surface area contributed by atoms with Crippen molar-refractivity contribution in [2.75, 3.05) is 12.0 Å². The van der Waals surface area contributed by atoms with Crippen LogP contribution in [0.2, 0.25) is 0 Å². The van der Waals surface area contributed by atoms with Crippen molar-refractivity contribution < 1.29 is 8.42 Å². The van der Waals surface area contributed by atoms with Crippen molar-refractivity contribution in [3.8, 4) is 0 Å². The molecule has 1 heterocycles. The SMILES string of the molecule is CC(c1nc2ccc(N)cc2s1)S(C)(=O)=O. The van der Waals surface area contributed by atoms with Crippen LogP contribution in [0.15, 0.2) is 18.2 Å². The van der Waals surface area contributed by atoms with Crippen LogP contribution in [0.5, 0.6) is 0 Å². The molecule has 0 saturated carbocycles. The number of hydrogen-bond donors (Lipinski definition) is 1. The van der Waals surface area contributed by atoms with Gasteiger partial charge < -0.3 is 5.73 Å². The molecule has 2 rings (SSSR count). The van der Waals surface area contributed by atoms with E-state index in [0.29, 0.717) is 10.7 Å². The number of nitrogens with two attached hydrogens (primary N) is 1. The average molecular weight is 256 g/mol. The minimum absolute atomic E-state index is 0.564. The molecule has 0 bridgehead atoms. The molecule has 2 aromatic rings. The number of fused-ring (bicyclic) bond motifs is 1. The average Bonchev–Trinajstić information content (AvgIpc) is 2.57. The number of aromatic nitrogens is 1. The van der Waals surface area contributed by atoms with E-state index >= 15 is 0 Å². The van der Waals surface area contributed by atoms with Crippen molar-refractivity contribution in [1.82, 2.24) is 4.98 Å². The first-order valence-electron chi connectivity index (χ1n) is 4.73. The van der Waals surface area contributed by atoms with Gasteiger partial charge in [0.25, 0.3) is 0 Å². The first kappa shape index (κ1) is 11.3. The Morgan fingerprint density at radius 3 is 2.75 bits per heavy atom. The highest BCUT2D eigenvalue weighted by molar-refractivity contribution is 7.91. The smallest absolute Gasteiger partial charge is 0.156 e. The largest absolute Gasteiger partial charge is 0.399 e. The van der Waals surface area contributed by atoms with Gasteiger partial charge in [-0.15, -0.1) is 11.3 Å². The lowest BCUT2D eigenvalue weighted by Gasteiger charge is -2.03. The molecule has 86 valence electrons. The topological polar surface area (TPSA) is 73.0 Å². The van der Waals surface area contributed by atoms with E-state index in [2.05, 4.69) is 4.98 Å². The summed E-state index contributed by atoms with van der Waals surface area (Å²) in [6.07, 6.45) is 1.22. The maximum Gasteiger partial charge on any atom is 0.156 e. The molecule has 0 spiro atoms. The molecular formula is C10H12N2O2S2. The number of sulfone groups is 1. The van der Waals surface area contributed by atoms with Crippen LogP contribution in [0.4, 0.5) is 5.69 Å². The third-order valence-corrected chi connectivity index (χ3v) is 5.28. The lowest BCUT2D eigenvalue weighted by Crippen LogP contribution is -2.06. The number of rotatable bonds is 2. The fourth-order valence-corrected chi connectivity index (χ4v) is 3.35. The molecule has 0 aliphatic heterocycles. The summed E-state index contributed by atoms with van der Waals surface area (Å²) in [6.45, 7) is 1.65. The van der Waals surface area contributed by atoms with E-state index in [1.54, 1.807) is 19.1 Å². The molecule has 0 aliphatic rings. The zero-order valence-electron chi connectivity index (χ0n) is 8.97. The van der Waals surface area contributed by atoms with E-state index < -0.39 is 15.1 Å². The molecule has 0 radical (unpaired) electrons. The molecular weight excluding hydrogens is 244 g/mol. The summed E-state index contributed by atoms with van der Waals surface area (Å²) in [4.78, 5) is 4.30. The molecule has 0 fully saturated rings. The predicted octanol–water partition coefficient (Wildman–Crippen LogP) is 1.98. The van der Waals surface area contributed by atoms with E-state index in [1.807, 2.05) is 6.07 Å². The van der Waals surface area contributed by atoms with E-state index in [1.165, 1.54) is 17.6 Å². The minimum Gasteiger partial charge on any atom is -0.399 e. The van der Waals surface area contributed by atoms with Crippen molar-refractivity contribution >= 4 is 37.1 Å². The third kappa shape index (κ3) is 2.03.